The number of carbonyl (C=O) groups is 6. The first kappa shape index (κ1) is 47.1. The monoisotopic (exact) mass is 838 g/mol. The van der Waals surface area contributed by atoms with Crippen LogP contribution in [0.15, 0.2) is 40.2 Å². The van der Waals surface area contributed by atoms with Crippen molar-refractivity contribution in [1.82, 2.24) is 46.5 Å². The number of nitrogen functional groups attached to an aromatic ring is 1. The Labute approximate surface area is 345 Å². The van der Waals surface area contributed by atoms with Gasteiger partial charge in [-0.25, -0.2) is 9.97 Å². The highest BCUT2D eigenvalue weighted by molar-refractivity contribution is 7.98. The number of guanidine groups is 1. The van der Waals surface area contributed by atoms with Gasteiger partial charge in [0.2, 0.25) is 29.6 Å². The second-order valence-electron chi connectivity index (χ2n) is 13.7. The Morgan fingerprint density at radius 2 is 1.58 bits per heavy atom. The van der Waals surface area contributed by atoms with Gasteiger partial charge in [0.1, 0.15) is 24.4 Å². The first-order chi connectivity index (χ1) is 28.1. The number of hydrogen-bond acceptors (Lipinski definition) is 14. The maximum atomic E-state index is 13.4. The van der Waals surface area contributed by atoms with Crippen LogP contribution in [0.3, 0.4) is 0 Å². The number of amides is 5. The summed E-state index contributed by atoms with van der Waals surface area (Å²) >= 11 is 1.56. The number of rotatable bonds is 24. The van der Waals surface area contributed by atoms with Crippen LogP contribution in [0.1, 0.15) is 75.3 Å². The normalized spacial score (nSPS) is 13.4. The van der Waals surface area contributed by atoms with Gasteiger partial charge in [-0.05, 0) is 70.1 Å². The predicted molar refractivity (Wildman–Crippen MR) is 225 cm³/mol. The number of aromatic amines is 1. The molecule has 0 saturated heterocycles. The van der Waals surface area contributed by atoms with Gasteiger partial charge in [-0.3, -0.25) is 38.7 Å². The van der Waals surface area contributed by atoms with Crippen LogP contribution in [0.2, 0.25) is 0 Å². The van der Waals surface area contributed by atoms with Gasteiger partial charge in [0.25, 0.3) is 11.5 Å². The van der Waals surface area contributed by atoms with Gasteiger partial charge >= 0.3 is 0 Å². The number of aldehydes is 1. The van der Waals surface area contributed by atoms with Gasteiger partial charge in [-0.2, -0.15) is 16.7 Å². The summed E-state index contributed by atoms with van der Waals surface area (Å²) in [5, 5.41) is 16.7. The highest BCUT2D eigenvalue weighted by atomic mass is 32.2. The molecule has 0 spiro atoms. The van der Waals surface area contributed by atoms with Crippen molar-refractivity contribution >= 4 is 76.3 Å². The van der Waals surface area contributed by atoms with Crippen molar-refractivity contribution < 1.29 is 28.8 Å². The lowest BCUT2D eigenvalue weighted by molar-refractivity contribution is -0.134. The summed E-state index contributed by atoms with van der Waals surface area (Å²) in [6.45, 7) is 5.71. The Bertz CT molecular complexity index is 2010. The molecule has 0 bridgehead atoms. The molecule has 0 aliphatic rings. The van der Waals surface area contributed by atoms with Crippen molar-refractivity contribution in [1.29, 1.82) is 0 Å². The minimum Gasteiger partial charge on any atom is -0.379 e. The average molecular weight is 839 g/mol. The van der Waals surface area contributed by atoms with Crippen LogP contribution in [0.5, 0.6) is 0 Å². The molecule has 0 aliphatic heterocycles. The summed E-state index contributed by atoms with van der Waals surface area (Å²) in [5.41, 5.74) is 17.6. The summed E-state index contributed by atoms with van der Waals surface area (Å²) in [5.74, 6) is -2.23. The van der Waals surface area contributed by atoms with Gasteiger partial charge in [-0.1, -0.05) is 6.92 Å². The third-order valence-corrected chi connectivity index (χ3v) is 9.53. The van der Waals surface area contributed by atoms with Gasteiger partial charge in [0, 0.05) is 48.5 Å². The second-order valence-corrected chi connectivity index (χ2v) is 14.6. The third-order valence-electron chi connectivity index (χ3n) is 8.70. The molecule has 2 aromatic heterocycles. The maximum Gasteiger partial charge on any atom is 0.280 e. The van der Waals surface area contributed by atoms with E-state index < -0.39 is 47.4 Å². The topological polar surface area (TPSA) is 337 Å². The summed E-state index contributed by atoms with van der Waals surface area (Å²) in [6.07, 6.45) is 4.27. The number of H-pyrrole nitrogens is 1. The molecule has 21 nitrogen and oxygen atoms in total. The number of nitrogens with two attached hydrogens (primary N) is 3. The van der Waals surface area contributed by atoms with E-state index in [9.17, 15) is 33.6 Å². The standard InChI is InChI=1S/C37H54N14O7S/c1-5-25(32(55)45-21(3)19-59-4)48-33(56)26(7-6-15-41-36(38)39)49-34(57)27(14-16-52)47-28(53)13-8-20(2)44-31(54)22-9-11-23(12-10-22)42-17-24-18-43-30-29(46-24)35(58)51-37(40)50-30/h9-12,16,18,20-21,25-27,42H,5-8,13-15,17,19H2,1-4H3,(H,44,54)(H,45,55)(H,47,53)(H,48,56)(H,49,57)(H4,38,39,41)(H3,40,43,50,51,58)/t20-,21-,25+,26+,27+/m1/s1. The smallest absolute Gasteiger partial charge is 0.280 e. The van der Waals surface area contributed by atoms with Gasteiger partial charge in [-0.15, -0.1) is 0 Å². The SMILES string of the molecule is CC[C@H](NC(=O)[C@H](CCCN=C(N)N)NC(=O)[C@H](CC=O)NC(=O)CC[C@@H](C)NC(=O)c1ccc(NCc2cnc3nc(N)[nH]c(=O)c3n2)cc1)C(=O)N[C@H](C)CSC. The number of hydrogen-bond donors (Lipinski definition) is 10. The molecule has 2 heterocycles. The summed E-state index contributed by atoms with van der Waals surface area (Å²) in [6, 6.07) is 2.73. The van der Waals surface area contributed by atoms with Crippen LogP contribution in [-0.4, -0.2) is 110 Å². The largest absolute Gasteiger partial charge is 0.379 e. The van der Waals surface area contributed by atoms with E-state index in [1.54, 1.807) is 49.9 Å². The third kappa shape index (κ3) is 15.9. The second kappa shape index (κ2) is 23.8. The molecule has 22 heteroatoms. The fraction of sp³-hybridized carbons (Fsp3) is 0.486. The predicted octanol–water partition coefficient (Wildman–Crippen LogP) is -0.819. The number of carbonyl (C=O) groups excluding carboxylic acids is 6. The Hall–Kier alpha value is -6.32. The van der Waals surface area contributed by atoms with E-state index in [1.807, 2.05) is 13.2 Å². The number of thioether (sulfide) groups is 1. The molecule has 3 rings (SSSR count). The van der Waals surface area contributed by atoms with E-state index in [0.29, 0.717) is 35.4 Å². The number of fused-ring (bicyclic) bond motifs is 1. The minimum absolute atomic E-state index is 0.0566. The number of nitrogens with zero attached hydrogens (tertiary/aromatic N) is 4. The van der Waals surface area contributed by atoms with Gasteiger partial charge < -0.3 is 53.9 Å². The van der Waals surface area contributed by atoms with Crippen LogP contribution in [0, 0.1) is 0 Å². The first-order valence-corrected chi connectivity index (χ1v) is 20.4. The molecule has 0 aliphatic carbocycles. The van der Waals surface area contributed by atoms with Crippen LogP contribution in [0.25, 0.3) is 11.2 Å². The zero-order valence-electron chi connectivity index (χ0n) is 33.5. The molecule has 0 unspecified atom stereocenters. The molecular formula is C37H54N14O7S. The Morgan fingerprint density at radius 3 is 2.24 bits per heavy atom. The van der Waals surface area contributed by atoms with Gasteiger partial charge in [0.15, 0.2) is 17.1 Å². The molecule has 5 amide bonds. The highest BCUT2D eigenvalue weighted by Gasteiger charge is 2.29. The number of aliphatic imine (C=N–C) groups is 1. The van der Waals surface area contributed by atoms with Crippen molar-refractivity contribution in [2.45, 2.75) is 96.1 Å². The summed E-state index contributed by atoms with van der Waals surface area (Å²) in [7, 11) is 0. The Morgan fingerprint density at radius 1 is 0.898 bits per heavy atom. The van der Waals surface area contributed by atoms with Crippen LogP contribution in [-0.2, 0) is 30.5 Å². The quantitative estimate of drug-likeness (QED) is 0.0228. The first-order valence-electron chi connectivity index (χ1n) is 19.0. The molecule has 3 aromatic rings. The lowest BCUT2D eigenvalue weighted by atomic mass is 10.1. The van der Waals surface area contributed by atoms with E-state index in [1.165, 1.54) is 6.20 Å². The van der Waals surface area contributed by atoms with E-state index in [0.717, 1.165) is 0 Å². The van der Waals surface area contributed by atoms with E-state index >= 15 is 0 Å². The van der Waals surface area contributed by atoms with Crippen molar-refractivity contribution in [3.8, 4) is 0 Å². The molecule has 1 aromatic carbocycles. The van der Waals surface area contributed by atoms with E-state index in [4.69, 9.17) is 17.2 Å². The molecule has 59 heavy (non-hydrogen) atoms. The lowest BCUT2D eigenvalue weighted by Crippen LogP contribution is -2.57. The summed E-state index contributed by atoms with van der Waals surface area (Å²) in [4.78, 5) is 108. The Balaban J connectivity index is 1.53. The minimum atomic E-state index is -1.30. The van der Waals surface area contributed by atoms with Crippen LogP contribution < -0.4 is 54.7 Å². The van der Waals surface area contributed by atoms with E-state index in [-0.39, 0.29) is 86.1 Å². The number of nitrogens with one attached hydrogen (secondary N) is 7. The van der Waals surface area contributed by atoms with E-state index in [2.05, 4.69) is 56.8 Å². The highest BCUT2D eigenvalue weighted by Crippen LogP contribution is 2.13. The number of aromatic nitrogens is 4. The molecule has 0 saturated carbocycles. The zero-order valence-corrected chi connectivity index (χ0v) is 34.3. The zero-order chi connectivity index (χ0) is 43.5. The number of benzene rings is 1. The molecular weight excluding hydrogens is 785 g/mol. The average Bonchev–Trinajstić information content (AvgIpc) is 3.19. The van der Waals surface area contributed by atoms with Crippen molar-refractivity contribution in [3.05, 3.63) is 52.1 Å². The Kier molecular flexibility index (Phi) is 19.0. The van der Waals surface area contributed by atoms with Crippen molar-refractivity contribution in [3.63, 3.8) is 0 Å². The summed E-state index contributed by atoms with van der Waals surface area (Å²) < 4.78 is 0. The number of anilines is 2. The van der Waals surface area contributed by atoms with Crippen LogP contribution >= 0.6 is 11.8 Å². The van der Waals surface area contributed by atoms with Gasteiger partial charge in [0.05, 0.1) is 18.4 Å². The molecule has 5 atom stereocenters. The van der Waals surface area contributed by atoms with Crippen molar-refractivity contribution in [2.24, 2.45) is 16.5 Å². The molecule has 0 fully saturated rings. The maximum absolute atomic E-state index is 13.4. The fourth-order valence-electron chi connectivity index (χ4n) is 5.61. The van der Waals surface area contributed by atoms with Crippen molar-refractivity contribution in [2.75, 3.05) is 29.6 Å². The molecule has 320 valence electrons. The lowest BCUT2D eigenvalue weighted by Gasteiger charge is -2.25. The molecule has 13 N–H and O–H groups in total. The van der Waals surface area contributed by atoms with Crippen LogP contribution in [0.4, 0.5) is 11.6 Å². The molecule has 0 radical (unpaired) electrons. The fourth-order valence-corrected chi connectivity index (χ4v) is 6.20.